The number of carbonyl (C=O) groups is 2. The number of aromatic nitrogens is 1. The molecular formula is C26H29FN2O4. The molecule has 1 heterocycles. The first kappa shape index (κ1) is 24.2. The third kappa shape index (κ3) is 5.30. The number of nitrogens with one attached hydrogen (secondary N) is 1. The van der Waals surface area contributed by atoms with Gasteiger partial charge in [-0.15, -0.1) is 0 Å². The summed E-state index contributed by atoms with van der Waals surface area (Å²) in [4.78, 5) is 29.7. The van der Waals surface area contributed by atoms with Crippen LogP contribution in [0.2, 0.25) is 0 Å². The van der Waals surface area contributed by atoms with Crippen molar-refractivity contribution in [2.45, 2.75) is 53.2 Å². The van der Waals surface area contributed by atoms with E-state index in [0.29, 0.717) is 39.9 Å². The van der Waals surface area contributed by atoms with Crippen LogP contribution in [0.4, 0.5) is 9.18 Å². The first-order chi connectivity index (χ1) is 15.5. The van der Waals surface area contributed by atoms with Crippen LogP contribution >= 0.6 is 0 Å². The molecule has 174 valence electrons. The molecule has 33 heavy (non-hydrogen) atoms. The molecule has 0 saturated carbocycles. The molecule has 1 N–H and O–H groups in total. The number of amides is 1. The highest BCUT2D eigenvalue weighted by atomic mass is 19.1. The highest BCUT2D eigenvalue weighted by molar-refractivity contribution is 6.17. The van der Waals surface area contributed by atoms with E-state index in [1.54, 1.807) is 65.1 Å². The number of halogens is 1. The number of alkyl carbamates (subject to hydrolysis) is 1. The van der Waals surface area contributed by atoms with E-state index in [0.717, 1.165) is 0 Å². The van der Waals surface area contributed by atoms with Gasteiger partial charge in [-0.2, -0.15) is 0 Å². The Bertz CT molecular complexity index is 1200. The molecule has 6 nitrogen and oxygen atoms in total. The van der Waals surface area contributed by atoms with Gasteiger partial charge in [0.05, 0.1) is 18.2 Å². The second kappa shape index (κ2) is 9.57. The SMILES string of the molecule is CCOc1nccc2c(C(=O)c3ccc([C@@H](C)NC(=O)OC(C)(C)C)c(C)c3F)cccc12. The Morgan fingerprint density at radius 2 is 1.82 bits per heavy atom. The third-order valence-electron chi connectivity index (χ3n) is 5.17. The van der Waals surface area contributed by atoms with Gasteiger partial charge in [0.2, 0.25) is 5.88 Å². The van der Waals surface area contributed by atoms with Crippen molar-refractivity contribution in [3.63, 3.8) is 0 Å². The van der Waals surface area contributed by atoms with Gasteiger partial charge >= 0.3 is 6.09 Å². The zero-order valence-electron chi connectivity index (χ0n) is 19.8. The fraction of sp³-hybridized carbons (Fsp3) is 0.346. The molecule has 0 unspecified atom stereocenters. The molecule has 0 saturated heterocycles. The first-order valence-corrected chi connectivity index (χ1v) is 10.9. The van der Waals surface area contributed by atoms with E-state index in [1.165, 1.54) is 6.07 Å². The van der Waals surface area contributed by atoms with Gasteiger partial charge in [-0.1, -0.05) is 18.2 Å². The third-order valence-corrected chi connectivity index (χ3v) is 5.17. The molecule has 1 atom stereocenters. The molecule has 0 aliphatic heterocycles. The molecule has 3 rings (SSSR count). The fourth-order valence-electron chi connectivity index (χ4n) is 3.68. The fourth-order valence-corrected chi connectivity index (χ4v) is 3.68. The van der Waals surface area contributed by atoms with Crippen molar-refractivity contribution in [1.82, 2.24) is 10.3 Å². The minimum Gasteiger partial charge on any atom is -0.478 e. The molecule has 0 aliphatic rings. The molecule has 1 amide bonds. The van der Waals surface area contributed by atoms with Gasteiger partial charge in [0.15, 0.2) is 5.78 Å². The molecule has 0 spiro atoms. The molecule has 0 fully saturated rings. The van der Waals surface area contributed by atoms with Crippen LogP contribution in [0.3, 0.4) is 0 Å². The van der Waals surface area contributed by atoms with Gasteiger partial charge in [-0.25, -0.2) is 14.2 Å². The van der Waals surface area contributed by atoms with Crippen LogP contribution in [0.15, 0.2) is 42.6 Å². The minimum absolute atomic E-state index is 0.0389. The second-order valence-electron chi connectivity index (χ2n) is 8.79. The highest BCUT2D eigenvalue weighted by Gasteiger charge is 2.23. The summed E-state index contributed by atoms with van der Waals surface area (Å²) >= 11 is 0. The van der Waals surface area contributed by atoms with Crippen molar-refractivity contribution >= 4 is 22.6 Å². The number of hydrogen-bond acceptors (Lipinski definition) is 5. The van der Waals surface area contributed by atoms with Crippen LogP contribution in [0, 0.1) is 12.7 Å². The Morgan fingerprint density at radius 3 is 2.48 bits per heavy atom. The number of ketones is 1. The predicted octanol–water partition coefficient (Wildman–Crippen LogP) is 5.90. The van der Waals surface area contributed by atoms with Crippen molar-refractivity contribution in [2.75, 3.05) is 6.61 Å². The van der Waals surface area contributed by atoms with Crippen molar-refractivity contribution < 1.29 is 23.5 Å². The average molecular weight is 453 g/mol. The Morgan fingerprint density at radius 1 is 1.09 bits per heavy atom. The summed E-state index contributed by atoms with van der Waals surface area (Å²) in [5.41, 5.74) is 0.540. The number of benzene rings is 2. The van der Waals surface area contributed by atoms with Crippen molar-refractivity contribution in [3.05, 3.63) is 70.7 Å². The lowest BCUT2D eigenvalue weighted by Gasteiger charge is -2.23. The molecule has 0 aliphatic carbocycles. The van der Waals surface area contributed by atoms with E-state index in [2.05, 4.69) is 10.3 Å². The minimum atomic E-state index is -0.642. The van der Waals surface area contributed by atoms with Crippen LogP contribution in [0.1, 0.15) is 67.7 Å². The van der Waals surface area contributed by atoms with Crippen molar-refractivity contribution in [2.24, 2.45) is 0 Å². The Labute approximate surface area is 193 Å². The molecule has 2 aromatic carbocycles. The van der Waals surface area contributed by atoms with E-state index in [1.807, 2.05) is 13.0 Å². The van der Waals surface area contributed by atoms with Crippen molar-refractivity contribution in [1.29, 1.82) is 0 Å². The summed E-state index contributed by atoms with van der Waals surface area (Å²) in [6.07, 6.45) is 0.975. The highest BCUT2D eigenvalue weighted by Crippen LogP contribution is 2.30. The summed E-state index contributed by atoms with van der Waals surface area (Å²) in [7, 11) is 0. The van der Waals surface area contributed by atoms with Gasteiger partial charge in [-0.05, 0) is 76.3 Å². The monoisotopic (exact) mass is 452 g/mol. The Kier molecular flexibility index (Phi) is 7.01. The zero-order chi connectivity index (χ0) is 24.3. The summed E-state index contributed by atoms with van der Waals surface area (Å²) in [6.45, 7) is 10.9. The number of nitrogens with zero attached hydrogens (tertiary/aromatic N) is 1. The number of fused-ring (bicyclic) bond motifs is 1. The average Bonchev–Trinajstić information content (AvgIpc) is 2.73. The largest absolute Gasteiger partial charge is 0.478 e. The smallest absolute Gasteiger partial charge is 0.408 e. The number of ether oxygens (including phenoxy) is 2. The van der Waals surface area contributed by atoms with Gasteiger partial charge in [0.25, 0.3) is 0 Å². The summed E-state index contributed by atoms with van der Waals surface area (Å²) < 4.78 is 26.2. The maximum absolute atomic E-state index is 15.4. The molecule has 0 bridgehead atoms. The Balaban J connectivity index is 1.94. The number of carbonyl (C=O) groups excluding carboxylic acids is 2. The topological polar surface area (TPSA) is 77.5 Å². The van der Waals surface area contributed by atoms with E-state index < -0.39 is 29.3 Å². The lowest BCUT2D eigenvalue weighted by atomic mass is 9.93. The van der Waals surface area contributed by atoms with Crippen LogP contribution in [-0.2, 0) is 4.74 Å². The molecule has 7 heteroatoms. The maximum atomic E-state index is 15.4. The zero-order valence-corrected chi connectivity index (χ0v) is 19.8. The number of hydrogen-bond donors (Lipinski definition) is 1. The number of pyridine rings is 1. The van der Waals surface area contributed by atoms with E-state index in [-0.39, 0.29) is 5.56 Å². The lowest BCUT2D eigenvalue weighted by molar-refractivity contribution is 0.0507. The lowest BCUT2D eigenvalue weighted by Crippen LogP contribution is -2.34. The number of rotatable bonds is 6. The van der Waals surface area contributed by atoms with Crippen molar-refractivity contribution in [3.8, 4) is 5.88 Å². The van der Waals surface area contributed by atoms with Gasteiger partial charge in [0, 0.05) is 17.1 Å². The molecule has 0 radical (unpaired) electrons. The normalized spacial score (nSPS) is 12.3. The predicted molar refractivity (Wildman–Crippen MR) is 125 cm³/mol. The summed E-state index contributed by atoms with van der Waals surface area (Å²) in [6, 6.07) is 9.54. The van der Waals surface area contributed by atoms with E-state index in [4.69, 9.17) is 9.47 Å². The van der Waals surface area contributed by atoms with E-state index in [9.17, 15) is 9.59 Å². The quantitative estimate of drug-likeness (QED) is 0.471. The molecular weight excluding hydrogens is 423 g/mol. The van der Waals surface area contributed by atoms with Gasteiger partial charge in [-0.3, -0.25) is 4.79 Å². The van der Waals surface area contributed by atoms with Crippen LogP contribution in [0.5, 0.6) is 5.88 Å². The van der Waals surface area contributed by atoms with E-state index >= 15 is 4.39 Å². The molecule has 3 aromatic rings. The van der Waals surface area contributed by atoms with Gasteiger partial charge in [0.1, 0.15) is 11.4 Å². The summed E-state index contributed by atoms with van der Waals surface area (Å²) in [5.74, 6) is -0.626. The first-order valence-electron chi connectivity index (χ1n) is 10.9. The standard InChI is InChI=1S/C26H29FN2O4/c1-7-32-24-20-10-8-9-19(18(20)13-14-28-24)23(30)21-12-11-17(15(2)22(21)27)16(3)29-25(31)33-26(4,5)6/h8-14,16H,7H2,1-6H3,(H,29,31)/t16-/m1/s1. The second-order valence-corrected chi connectivity index (χ2v) is 8.79. The van der Waals surface area contributed by atoms with Crippen LogP contribution < -0.4 is 10.1 Å². The Hall–Kier alpha value is -3.48. The summed E-state index contributed by atoms with van der Waals surface area (Å²) in [5, 5.41) is 4.04. The molecule has 1 aromatic heterocycles. The van der Waals surface area contributed by atoms with Crippen LogP contribution in [-0.4, -0.2) is 29.1 Å². The van der Waals surface area contributed by atoms with Crippen LogP contribution in [0.25, 0.3) is 10.8 Å². The maximum Gasteiger partial charge on any atom is 0.408 e. The van der Waals surface area contributed by atoms with Gasteiger partial charge < -0.3 is 14.8 Å².